The van der Waals surface area contributed by atoms with Crippen molar-refractivity contribution in [2.24, 2.45) is 0 Å². The van der Waals surface area contributed by atoms with Crippen LogP contribution >= 0.6 is 0 Å². The van der Waals surface area contributed by atoms with Crippen LogP contribution in [0.1, 0.15) is 33.2 Å². The van der Waals surface area contributed by atoms with E-state index in [1.807, 2.05) is 36.4 Å². The molecule has 0 bridgehead atoms. The highest BCUT2D eigenvalue weighted by Gasteiger charge is 2.37. The standard InChI is InChI=1S/C21H19N3O/c1-14-9-10-16(12-15(14)2)23-20-18-7-3-4-8-19(18)21(25)24(20)17-6-5-11-22-13-17/h3-13,20,23H,1-2H3/t20-/m1/s1. The number of carbonyl (C=O) groups is 1. The smallest absolute Gasteiger partial charge is 0.260 e. The van der Waals surface area contributed by atoms with Crippen LogP contribution in [-0.4, -0.2) is 10.9 Å². The average Bonchev–Trinajstić information content (AvgIpc) is 2.91. The highest BCUT2D eigenvalue weighted by atomic mass is 16.2. The van der Waals surface area contributed by atoms with Gasteiger partial charge in [-0.05, 0) is 55.3 Å². The van der Waals surface area contributed by atoms with Crippen molar-refractivity contribution in [1.82, 2.24) is 4.98 Å². The quantitative estimate of drug-likeness (QED) is 0.771. The van der Waals surface area contributed by atoms with Crippen molar-refractivity contribution < 1.29 is 4.79 Å². The zero-order chi connectivity index (χ0) is 17.4. The number of rotatable bonds is 3. The second kappa shape index (κ2) is 6.06. The Kier molecular flexibility index (Phi) is 3.73. The maximum atomic E-state index is 13.0. The minimum atomic E-state index is -0.255. The van der Waals surface area contributed by atoms with E-state index in [2.05, 4.69) is 42.3 Å². The summed E-state index contributed by atoms with van der Waals surface area (Å²) in [5.41, 5.74) is 5.95. The molecule has 1 atom stereocenters. The third-order valence-electron chi connectivity index (χ3n) is 4.70. The van der Waals surface area contributed by atoms with Gasteiger partial charge in [0.1, 0.15) is 6.17 Å². The van der Waals surface area contributed by atoms with Gasteiger partial charge in [0.25, 0.3) is 5.91 Å². The minimum absolute atomic E-state index is 0.00932. The number of nitrogens with zero attached hydrogens (tertiary/aromatic N) is 2. The second-order valence-electron chi connectivity index (χ2n) is 6.32. The van der Waals surface area contributed by atoms with Gasteiger partial charge in [-0.1, -0.05) is 24.3 Å². The average molecular weight is 329 g/mol. The van der Waals surface area contributed by atoms with Crippen LogP contribution in [0, 0.1) is 13.8 Å². The maximum absolute atomic E-state index is 13.0. The summed E-state index contributed by atoms with van der Waals surface area (Å²) < 4.78 is 0. The van der Waals surface area contributed by atoms with E-state index < -0.39 is 0 Å². The van der Waals surface area contributed by atoms with Crippen LogP contribution in [-0.2, 0) is 0 Å². The molecule has 25 heavy (non-hydrogen) atoms. The van der Waals surface area contributed by atoms with Crippen molar-refractivity contribution in [1.29, 1.82) is 0 Å². The van der Waals surface area contributed by atoms with E-state index in [4.69, 9.17) is 0 Å². The highest BCUT2D eigenvalue weighted by Crippen LogP contribution is 2.37. The summed E-state index contributed by atoms with van der Waals surface area (Å²) >= 11 is 0. The lowest BCUT2D eigenvalue weighted by Gasteiger charge is -2.27. The SMILES string of the molecule is Cc1ccc(N[C@H]2c3ccccc3C(=O)N2c2cccnc2)cc1C. The van der Waals surface area contributed by atoms with Gasteiger partial charge >= 0.3 is 0 Å². The second-order valence-corrected chi connectivity index (χ2v) is 6.32. The number of aromatic nitrogens is 1. The zero-order valence-electron chi connectivity index (χ0n) is 14.2. The van der Waals surface area contributed by atoms with Gasteiger partial charge in [0.15, 0.2) is 0 Å². The number of hydrogen-bond donors (Lipinski definition) is 1. The Balaban J connectivity index is 1.78. The highest BCUT2D eigenvalue weighted by molar-refractivity contribution is 6.11. The Morgan fingerprint density at radius 3 is 2.60 bits per heavy atom. The number of amides is 1. The molecular formula is C21H19N3O. The van der Waals surface area contributed by atoms with E-state index in [0.717, 1.165) is 22.5 Å². The van der Waals surface area contributed by atoms with Gasteiger partial charge in [0.2, 0.25) is 0 Å². The first-order chi connectivity index (χ1) is 12.1. The van der Waals surface area contributed by atoms with Gasteiger partial charge in [-0.3, -0.25) is 14.7 Å². The Morgan fingerprint density at radius 1 is 1.00 bits per heavy atom. The number of fused-ring (bicyclic) bond motifs is 1. The molecule has 4 rings (SSSR count). The summed E-state index contributed by atoms with van der Waals surface area (Å²) in [6.07, 6.45) is 3.18. The van der Waals surface area contributed by atoms with E-state index in [9.17, 15) is 4.79 Å². The molecule has 4 heteroatoms. The molecule has 0 saturated carbocycles. The molecule has 4 nitrogen and oxygen atoms in total. The topological polar surface area (TPSA) is 45.2 Å². The first-order valence-corrected chi connectivity index (χ1v) is 8.31. The lowest BCUT2D eigenvalue weighted by molar-refractivity contribution is 0.0993. The summed E-state index contributed by atoms with van der Waals surface area (Å²) in [5.74, 6) is -0.00932. The van der Waals surface area contributed by atoms with E-state index in [-0.39, 0.29) is 12.1 Å². The van der Waals surface area contributed by atoms with Crippen molar-refractivity contribution in [3.63, 3.8) is 0 Å². The molecule has 3 aromatic rings. The lowest BCUT2D eigenvalue weighted by atomic mass is 10.1. The zero-order valence-corrected chi connectivity index (χ0v) is 14.2. The molecule has 2 heterocycles. The molecule has 1 aromatic heterocycles. The largest absolute Gasteiger partial charge is 0.361 e. The molecule has 2 aromatic carbocycles. The van der Waals surface area contributed by atoms with E-state index in [1.165, 1.54) is 11.1 Å². The fourth-order valence-electron chi connectivity index (χ4n) is 3.21. The molecular weight excluding hydrogens is 310 g/mol. The molecule has 0 aliphatic carbocycles. The van der Waals surface area contributed by atoms with E-state index >= 15 is 0 Å². The van der Waals surface area contributed by atoms with Gasteiger partial charge in [-0.25, -0.2) is 0 Å². The molecule has 124 valence electrons. The maximum Gasteiger partial charge on any atom is 0.260 e. The lowest BCUT2D eigenvalue weighted by Crippen LogP contribution is -2.32. The summed E-state index contributed by atoms with van der Waals surface area (Å²) in [7, 11) is 0. The van der Waals surface area contributed by atoms with Gasteiger partial charge in [0, 0.05) is 23.0 Å². The van der Waals surface area contributed by atoms with Gasteiger partial charge in [0.05, 0.1) is 11.9 Å². The Labute approximate surface area is 147 Å². The molecule has 1 aliphatic heterocycles. The van der Waals surface area contributed by atoms with Crippen molar-refractivity contribution in [2.45, 2.75) is 20.0 Å². The predicted molar refractivity (Wildman–Crippen MR) is 99.8 cm³/mol. The molecule has 0 radical (unpaired) electrons. The number of hydrogen-bond acceptors (Lipinski definition) is 3. The summed E-state index contributed by atoms with van der Waals surface area (Å²) in [6, 6.07) is 17.8. The van der Waals surface area contributed by atoms with Crippen molar-refractivity contribution in [3.05, 3.63) is 89.2 Å². The Morgan fingerprint density at radius 2 is 1.84 bits per heavy atom. The number of nitrogens with one attached hydrogen (secondary N) is 1. The Hall–Kier alpha value is -3.14. The van der Waals surface area contributed by atoms with Crippen LogP contribution in [0.4, 0.5) is 11.4 Å². The van der Waals surface area contributed by atoms with Gasteiger partial charge < -0.3 is 5.32 Å². The summed E-state index contributed by atoms with van der Waals surface area (Å²) in [4.78, 5) is 18.9. The first-order valence-electron chi connectivity index (χ1n) is 8.31. The monoisotopic (exact) mass is 329 g/mol. The fraction of sp³-hybridized carbons (Fsp3) is 0.143. The van der Waals surface area contributed by atoms with Crippen molar-refractivity contribution in [2.75, 3.05) is 10.2 Å². The first kappa shape index (κ1) is 15.4. The Bertz CT molecular complexity index is 937. The molecule has 0 fully saturated rings. The van der Waals surface area contributed by atoms with Crippen molar-refractivity contribution >= 4 is 17.3 Å². The molecule has 0 saturated heterocycles. The van der Waals surface area contributed by atoms with Crippen LogP contribution < -0.4 is 10.2 Å². The van der Waals surface area contributed by atoms with E-state index in [0.29, 0.717) is 0 Å². The minimum Gasteiger partial charge on any atom is -0.361 e. The number of pyridine rings is 1. The van der Waals surface area contributed by atoms with Gasteiger partial charge in [-0.2, -0.15) is 0 Å². The fourth-order valence-corrected chi connectivity index (χ4v) is 3.21. The molecule has 1 N–H and O–H groups in total. The van der Waals surface area contributed by atoms with Crippen LogP contribution in [0.15, 0.2) is 67.0 Å². The van der Waals surface area contributed by atoms with Crippen LogP contribution in [0.2, 0.25) is 0 Å². The third-order valence-corrected chi connectivity index (χ3v) is 4.70. The number of benzene rings is 2. The predicted octanol–water partition coefficient (Wildman–Crippen LogP) is 4.47. The van der Waals surface area contributed by atoms with Crippen LogP contribution in [0.5, 0.6) is 0 Å². The van der Waals surface area contributed by atoms with Crippen molar-refractivity contribution in [3.8, 4) is 0 Å². The molecule has 0 unspecified atom stereocenters. The van der Waals surface area contributed by atoms with E-state index in [1.54, 1.807) is 17.3 Å². The molecule has 1 aliphatic rings. The normalized spacial score (nSPS) is 16.0. The van der Waals surface area contributed by atoms with Crippen LogP contribution in [0.25, 0.3) is 0 Å². The van der Waals surface area contributed by atoms with Crippen LogP contribution in [0.3, 0.4) is 0 Å². The molecule has 0 spiro atoms. The number of carbonyl (C=O) groups excluding carboxylic acids is 1. The number of aryl methyl sites for hydroxylation is 2. The molecule has 1 amide bonds. The third kappa shape index (κ3) is 2.66. The summed E-state index contributed by atoms with van der Waals surface area (Å²) in [5, 5.41) is 3.52. The summed E-state index contributed by atoms with van der Waals surface area (Å²) in [6.45, 7) is 4.18. The number of anilines is 2. The van der Waals surface area contributed by atoms with Gasteiger partial charge in [-0.15, -0.1) is 0 Å².